The molecule has 10 heteroatoms. The molecule has 0 N–H and O–H groups in total. The Kier molecular flexibility index (Phi) is 6.06. The zero-order valence-electron chi connectivity index (χ0n) is 16.2. The van der Waals surface area contributed by atoms with Gasteiger partial charge in [0.1, 0.15) is 5.82 Å². The quantitative estimate of drug-likeness (QED) is 0.716. The third-order valence-corrected chi connectivity index (χ3v) is 5.85. The van der Waals surface area contributed by atoms with Crippen LogP contribution in [0, 0.1) is 5.82 Å². The maximum Gasteiger partial charge on any atom is 0.274 e. The van der Waals surface area contributed by atoms with Crippen molar-refractivity contribution in [3.8, 4) is 0 Å². The largest absolute Gasteiger partial charge is 0.341 e. The van der Waals surface area contributed by atoms with Gasteiger partial charge in [0.2, 0.25) is 5.95 Å². The van der Waals surface area contributed by atoms with Crippen LogP contribution >= 0.6 is 23.2 Å². The van der Waals surface area contributed by atoms with Crippen LogP contribution in [0.5, 0.6) is 0 Å². The Bertz CT molecular complexity index is 976. The highest BCUT2D eigenvalue weighted by Crippen LogP contribution is 2.22. The fraction of sp³-hybridized carbons (Fsp3) is 0.400. The molecule has 2 aromatic rings. The van der Waals surface area contributed by atoms with Gasteiger partial charge in [0.25, 0.3) is 11.8 Å². The minimum atomic E-state index is -0.620. The molecule has 30 heavy (non-hydrogen) atoms. The molecule has 158 valence electrons. The maximum atomic E-state index is 14.0. The number of aromatic nitrogens is 2. The van der Waals surface area contributed by atoms with Gasteiger partial charge >= 0.3 is 0 Å². The first kappa shape index (κ1) is 20.8. The Morgan fingerprint density at radius 1 is 0.933 bits per heavy atom. The summed E-state index contributed by atoms with van der Waals surface area (Å²) < 4.78 is 14.0. The van der Waals surface area contributed by atoms with Crippen molar-refractivity contribution in [3.05, 3.63) is 51.5 Å². The van der Waals surface area contributed by atoms with E-state index in [-0.39, 0.29) is 35.3 Å². The average Bonchev–Trinajstić information content (AvgIpc) is 3.30. The molecule has 0 unspecified atom stereocenters. The number of halogens is 3. The predicted octanol–water partition coefficient (Wildman–Crippen LogP) is 3.12. The third kappa shape index (κ3) is 4.20. The Balaban J connectivity index is 1.44. The number of carbonyl (C=O) groups is 2. The van der Waals surface area contributed by atoms with Crippen LogP contribution < -0.4 is 4.90 Å². The van der Waals surface area contributed by atoms with Crippen molar-refractivity contribution in [2.75, 3.05) is 44.2 Å². The molecule has 1 aromatic carbocycles. The summed E-state index contributed by atoms with van der Waals surface area (Å²) in [5.41, 5.74) is 0.0885. The first-order valence-electron chi connectivity index (χ1n) is 9.75. The smallest absolute Gasteiger partial charge is 0.274 e. The van der Waals surface area contributed by atoms with E-state index in [1.165, 1.54) is 29.3 Å². The van der Waals surface area contributed by atoms with Gasteiger partial charge in [-0.3, -0.25) is 9.59 Å². The molecule has 0 radical (unpaired) electrons. The summed E-state index contributed by atoms with van der Waals surface area (Å²) in [5.74, 6) is -0.863. The molecule has 0 aliphatic carbocycles. The molecule has 2 saturated heterocycles. The number of amides is 2. The van der Waals surface area contributed by atoms with Crippen molar-refractivity contribution in [1.82, 2.24) is 19.8 Å². The molecule has 4 rings (SSSR count). The van der Waals surface area contributed by atoms with Crippen molar-refractivity contribution < 1.29 is 14.0 Å². The highest BCUT2D eigenvalue weighted by atomic mass is 35.5. The summed E-state index contributed by atoms with van der Waals surface area (Å²) in [4.78, 5) is 39.4. The molecule has 3 heterocycles. The maximum absolute atomic E-state index is 14.0. The summed E-state index contributed by atoms with van der Waals surface area (Å²) in [7, 11) is 0. The van der Waals surface area contributed by atoms with Crippen molar-refractivity contribution in [2.45, 2.75) is 12.8 Å². The molecule has 2 amide bonds. The summed E-state index contributed by atoms with van der Waals surface area (Å²) in [6.45, 7) is 2.86. The van der Waals surface area contributed by atoms with Crippen LogP contribution in [0.3, 0.4) is 0 Å². The van der Waals surface area contributed by atoms with Gasteiger partial charge < -0.3 is 14.7 Å². The molecular weight excluding hydrogens is 432 g/mol. The normalized spacial score (nSPS) is 16.8. The van der Waals surface area contributed by atoms with Crippen LogP contribution in [-0.2, 0) is 0 Å². The van der Waals surface area contributed by atoms with Gasteiger partial charge in [0.05, 0.1) is 16.8 Å². The number of hydrogen-bond donors (Lipinski definition) is 0. The van der Waals surface area contributed by atoms with Crippen LogP contribution in [0.1, 0.15) is 33.7 Å². The lowest BCUT2D eigenvalue weighted by molar-refractivity contribution is 0.0529. The van der Waals surface area contributed by atoms with Gasteiger partial charge in [0, 0.05) is 44.3 Å². The molecule has 7 nitrogen and oxygen atoms in total. The number of carbonyl (C=O) groups excluding carboxylic acids is 2. The predicted molar refractivity (Wildman–Crippen MR) is 112 cm³/mol. The van der Waals surface area contributed by atoms with Crippen LogP contribution in [0.25, 0.3) is 0 Å². The second kappa shape index (κ2) is 8.73. The lowest BCUT2D eigenvalue weighted by Gasteiger charge is -2.34. The fourth-order valence-corrected chi connectivity index (χ4v) is 4.02. The number of nitrogens with zero attached hydrogens (tertiary/aromatic N) is 5. The standard InChI is InChI=1S/C20H20Cl2FN5O2/c21-13-3-4-16(23)14(11-13)18(29)26-7-9-27(10-8-26)19(30)17-15(22)12-24-20(25-17)28-5-1-2-6-28/h3-4,11-12H,1-2,5-10H2. The van der Waals surface area contributed by atoms with Gasteiger partial charge in [-0.05, 0) is 31.0 Å². The van der Waals surface area contributed by atoms with E-state index in [1.54, 1.807) is 4.90 Å². The van der Waals surface area contributed by atoms with E-state index >= 15 is 0 Å². The van der Waals surface area contributed by atoms with Gasteiger partial charge in [-0.1, -0.05) is 23.2 Å². The molecule has 2 aliphatic heterocycles. The van der Waals surface area contributed by atoms with Gasteiger partial charge in [-0.15, -0.1) is 0 Å². The summed E-state index contributed by atoms with van der Waals surface area (Å²) in [5, 5.41) is 0.489. The van der Waals surface area contributed by atoms with Crippen LogP contribution in [0.15, 0.2) is 24.4 Å². The van der Waals surface area contributed by atoms with Gasteiger partial charge in [-0.2, -0.15) is 0 Å². The highest BCUT2D eigenvalue weighted by molar-refractivity contribution is 6.33. The van der Waals surface area contributed by atoms with Crippen molar-refractivity contribution in [1.29, 1.82) is 0 Å². The topological polar surface area (TPSA) is 69.6 Å². The summed E-state index contributed by atoms with van der Waals surface area (Å²) >= 11 is 12.1. The average molecular weight is 452 g/mol. The Labute approximate surface area is 183 Å². The van der Waals surface area contributed by atoms with E-state index in [0.717, 1.165) is 25.9 Å². The molecule has 0 bridgehead atoms. The van der Waals surface area contributed by atoms with E-state index in [9.17, 15) is 14.0 Å². The number of anilines is 1. The van der Waals surface area contributed by atoms with E-state index in [2.05, 4.69) is 9.97 Å². The van der Waals surface area contributed by atoms with E-state index in [0.29, 0.717) is 24.1 Å². The van der Waals surface area contributed by atoms with Crippen LogP contribution in [0.4, 0.5) is 10.3 Å². The third-order valence-electron chi connectivity index (χ3n) is 5.34. The highest BCUT2D eigenvalue weighted by Gasteiger charge is 2.29. The SMILES string of the molecule is O=C(c1cc(Cl)ccc1F)N1CCN(C(=O)c2nc(N3CCCC3)ncc2Cl)CC1. The molecular formula is C20H20Cl2FN5O2. The minimum Gasteiger partial charge on any atom is -0.341 e. The molecule has 0 atom stereocenters. The zero-order chi connectivity index (χ0) is 21.3. The fourth-order valence-electron chi connectivity index (χ4n) is 3.67. The van der Waals surface area contributed by atoms with E-state index < -0.39 is 11.7 Å². The number of benzene rings is 1. The first-order valence-corrected chi connectivity index (χ1v) is 10.5. The van der Waals surface area contributed by atoms with Crippen molar-refractivity contribution in [2.24, 2.45) is 0 Å². The second-order valence-electron chi connectivity index (χ2n) is 7.27. The summed E-state index contributed by atoms with van der Waals surface area (Å²) in [6, 6.07) is 3.88. The Morgan fingerprint density at radius 3 is 2.23 bits per heavy atom. The van der Waals surface area contributed by atoms with E-state index in [4.69, 9.17) is 23.2 Å². The van der Waals surface area contributed by atoms with Gasteiger partial charge in [-0.25, -0.2) is 14.4 Å². The number of rotatable bonds is 3. The Hall–Kier alpha value is -2.45. The number of hydrogen-bond acceptors (Lipinski definition) is 5. The molecule has 2 aliphatic rings. The first-order chi connectivity index (χ1) is 14.4. The lowest BCUT2D eigenvalue weighted by atomic mass is 10.1. The number of piperazine rings is 1. The van der Waals surface area contributed by atoms with Crippen LogP contribution in [0.2, 0.25) is 10.0 Å². The molecule has 1 aromatic heterocycles. The molecule has 2 fully saturated rings. The van der Waals surface area contributed by atoms with E-state index in [1.807, 2.05) is 4.90 Å². The van der Waals surface area contributed by atoms with Crippen molar-refractivity contribution in [3.63, 3.8) is 0 Å². The molecule has 0 spiro atoms. The van der Waals surface area contributed by atoms with Crippen molar-refractivity contribution >= 4 is 41.0 Å². The second-order valence-corrected chi connectivity index (χ2v) is 8.11. The lowest BCUT2D eigenvalue weighted by Crippen LogP contribution is -2.51. The van der Waals surface area contributed by atoms with Gasteiger partial charge in [0.15, 0.2) is 5.69 Å². The Morgan fingerprint density at radius 2 is 1.57 bits per heavy atom. The molecule has 0 saturated carbocycles. The minimum absolute atomic E-state index is 0.0728. The zero-order valence-corrected chi connectivity index (χ0v) is 17.7. The monoisotopic (exact) mass is 451 g/mol. The van der Waals surface area contributed by atoms with Crippen LogP contribution in [-0.4, -0.2) is 70.9 Å². The summed E-state index contributed by atoms with van der Waals surface area (Å²) in [6.07, 6.45) is 3.59.